The highest BCUT2D eigenvalue weighted by atomic mass is 16.5. The molecular formula is C18H36N4O2. The monoisotopic (exact) mass is 340 g/mol. The molecule has 6 nitrogen and oxygen atoms in total. The number of carbonyl (C=O) groups is 1. The number of nitrogens with zero attached hydrogens (tertiary/aromatic N) is 2. The Morgan fingerprint density at radius 3 is 2.58 bits per heavy atom. The van der Waals surface area contributed by atoms with E-state index in [1.165, 1.54) is 12.8 Å². The largest absolute Gasteiger partial charge is 0.376 e. The first-order chi connectivity index (χ1) is 11.4. The molecule has 0 aromatic heterocycles. The lowest BCUT2D eigenvalue weighted by molar-refractivity contribution is -0.127. The van der Waals surface area contributed by atoms with E-state index in [1.807, 2.05) is 0 Å². The molecule has 1 aliphatic heterocycles. The molecule has 2 N–H and O–H groups in total. The second-order valence-electron chi connectivity index (χ2n) is 7.34. The van der Waals surface area contributed by atoms with Crippen LogP contribution in [0, 0.1) is 5.92 Å². The predicted molar refractivity (Wildman–Crippen MR) is 99.3 cm³/mol. The Hall–Kier alpha value is -1.30. The Morgan fingerprint density at radius 1 is 1.25 bits per heavy atom. The van der Waals surface area contributed by atoms with Gasteiger partial charge in [0.05, 0.1) is 6.10 Å². The molecule has 1 heterocycles. The Morgan fingerprint density at radius 2 is 2.00 bits per heavy atom. The summed E-state index contributed by atoms with van der Waals surface area (Å²) in [6.07, 6.45) is 5.94. The van der Waals surface area contributed by atoms with Gasteiger partial charge in [0, 0.05) is 33.3 Å². The highest BCUT2D eigenvalue weighted by Crippen LogP contribution is 2.11. The summed E-state index contributed by atoms with van der Waals surface area (Å²) in [4.78, 5) is 17.8. The molecule has 6 heteroatoms. The lowest BCUT2D eigenvalue weighted by Gasteiger charge is -2.25. The van der Waals surface area contributed by atoms with E-state index in [-0.39, 0.29) is 18.6 Å². The average molecular weight is 341 g/mol. The van der Waals surface area contributed by atoms with Crippen molar-refractivity contribution < 1.29 is 9.53 Å². The van der Waals surface area contributed by atoms with Crippen LogP contribution < -0.4 is 10.6 Å². The normalized spacial score (nSPS) is 19.9. The van der Waals surface area contributed by atoms with Crippen LogP contribution in [0.3, 0.4) is 0 Å². The van der Waals surface area contributed by atoms with Crippen LogP contribution in [0.25, 0.3) is 0 Å². The van der Waals surface area contributed by atoms with Crippen molar-refractivity contribution in [3.05, 3.63) is 0 Å². The number of rotatable bonds is 8. The molecule has 1 amide bonds. The SMILES string of the molecule is CC(C)CCC(C)NC(=NCC(=O)N(C)C)NCC1CCCCO1. The second kappa shape index (κ2) is 11.3. The van der Waals surface area contributed by atoms with Gasteiger partial charge in [0.25, 0.3) is 0 Å². The smallest absolute Gasteiger partial charge is 0.243 e. The Bertz CT molecular complexity index is 390. The molecule has 0 aliphatic carbocycles. The van der Waals surface area contributed by atoms with Gasteiger partial charge in [-0.2, -0.15) is 0 Å². The van der Waals surface area contributed by atoms with Crippen LogP contribution in [0.2, 0.25) is 0 Å². The molecule has 1 rings (SSSR count). The Kier molecular flexibility index (Phi) is 9.76. The van der Waals surface area contributed by atoms with Crippen molar-refractivity contribution >= 4 is 11.9 Å². The van der Waals surface area contributed by atoms with Gasteiger partial charge in [-0.25, -0.2) is 4.99 Å². The summed E-state index contributed by atoms with van der Waals surface area (Å²) < 4.78 is 5.76. The zero-order chi connectivity index (χ0) is 17.9. The summed E-state index contributed by atoms with van der Waals surface area (Å²) in [7, 11) is 3.50. The fraction of sp³-hybridized carbons (Fsp3) is 0.889. The highest BCUT2D eigenvalue weighted by Gasteiger charge is 2.15. The fourth-order valence-corrected chi connectivity index (χ4v) is 2.51. The third-order valence-electron chi connectivity index (χ3n) is 4.20. The Balaban J connectivity index is 2.53. The van der Waals surface area contributed by atoms with E-state index in [9.17, 15) is 4.79 Å². The van der Waals surface area contributed by atoms with Gasteiger partial charge in [-0.15, -0.1) is 0 Å². The minimum Gasteiger partial charge on any atom is -0.376 e. The van der Waals surface area contributed by atoms with Crippen molar-refractivity contribution in [3.8, 4) is 0 Å². The quantitative estimate of drug-likeness (QED) is 0.524. The van der Waals surface area contributed by atoms with E-state index in [0.717, 1.165) is 32.4 Å². The number of guanidine groups is 1. The summed E-state index contributed by atoms with van der Waals surface area (Å²) in [5.41, 5.74) is 0. The highest BCUT2D eigenvalue weighted by molar-refractivity contribution is 5.84. The zero-order valence-corrected chi connectivity index (χ0v) is 16.1. The molecule has 0 aromatic carbocycles. The summed E-state index contributed by atoms with van der Waals surface area (Å²) in [6, 6.07) is 0.320. The molecule has 0 bridgehead atoms. The van der Waals surface area contributed by atoms with E-state index in [4.69, 9.17) is 4.74 Å². The third-order valence-corrected chi connectivity index (χ3v) is 4.20. The average Bonchev–Trinajstić information content (AvgIpc) is 2.55. The zero-order valence-electron chi connectivity index (χ0n) is 16.1. The number of amides is 1. The van der Waals surface area contributed by atoms with Crippen molar-refractivity contribution in [1.82, 2.24) is 15.5 Å². The second-order valence-corrected chi connectivity index (χ2v) is 7.34. The van der Waals surface area contributed by atoms with Crippen molar-refractivity contribution in [2.45, 2.75) is 65.0 Å². The number of hydrogen-bond donors (Lipinski definition) is 2. The number of aliphatic imine (C=N–C) groups is 1. The molecular weight excluding hydrogens is 304 g/mol. The van der Waals surface area contributed by atoms with Crippen LogP contribution in [0.5, 0.6) is 0 Å². The molecule has 0 radical (unpaired) electrons. The summed E-state index contributed by atoms with van der Waals surface area (Å²) in [5, 5.41) is 6.76. The molecule has 0 spiro atoms. The number of hydrogen-bond acceptors (Lipinski definition) is 3. The van der Waals surface area contributed by atoms with Gasteiger partial charge in [0.2, 0.25) is 5.91 Å². The first-order valence-corrected chi connectivity index (χ1v) is 9.25. The van der Waals surface area contributed by atoms with E-state index in [1.54, 1.807) is 19.0 Å². The molecule has 140 valence electrons. The number of ether oxygens (including phenoxy) is 1. The minimum atomic E-state index is -0.000139. The van der Waals surface area contributed by atoms with Crippen molar-refractivity contribution in [3.63, 3.8) is 0 Å². The fourth-order valence-electron chi connectivity index (χ4n) is 2.51. The van der Waals surface area contributed by atoms with Crippen molar-refractivity contribution in [2.24, 2.45) is 10.9 Å². The summed E-state index contributed by atoms with van der Waals surface area (Å²) in [5.74, 6) is 1.39. The maximum atomic E-state index is 11.8. The van der Waals surface area contributed by atoms with Crippen LogP contribution >= 0.6 is 0 Å². The van der Waals surface area contributed by atoms with E-state index >= 15 is 0 Å². The molecule has 2 unspecified atom stereocenters. The molecule has 24 heavy (non-hydrogen) atoms. The van der Waals surface area contributed by atoms with Gasteiger partial charge in [-0.05, 0) is 44.9 Å². The van der Waals surface area contributed by atoms with Crippen LogP contribution in [-0.4, -0.2) is 62.7 Å². The van der Waals surface area contributed by atoms with Crippen molar-refractivity contribution in [2.75, 3.05) is 33.8 Å². The number of carbonyl (C=O) groups excluding carboxylic acids is 1. The van der Waals surface area contributed by atoms with Crippen molar-refractivity contribution in [1.29, 1.82) is 0 Å². The van der Waals surface area contributed by atoms with Gasteiger partial charge in [0.15, 0.2) is 5.96 Å². The molecule has 2 atom stereocenters. The van der Waals surface area contributed by atoms with Crippen LogP contribution in [-0.2, 0) is 9.53 Å². The number of nitrogens with one attached hydrogen (secondary N) is 2. The molecule has 1 aliphatic rings. The van der Waals surface area contributed by atoms with E-state index in [2.05, 4.69) is 36.4 Å². The van der Waals surface area contributed by atoms with Gasteiger partial charge >= 0.3 is 0 Å². The van der Waals surface area contributed by atoms with Crippen LogP contribution in [0.1, 0.15) is 52.9 Å². The van der Waals surface area contributed by atoms with E-state index < -0.39 is 0 Å². The van der Waals surface area contributed by atoms with Crippen LogP contribution in [0.4, 0.5) is 0 Å². The molecule has 1 saturated heterocycles. The minimum absolute atomic E-state index is 0.000139. The van der Waals surface area contributed by atoms with Gasteiger partial charge in [-0.3, -0.25) is 4.79 Å². The third kappa shape index (κ3) is 9.11. The van der Waals surface area contributed by atoms with Crippen LogP contribution in [0.15, 0.2) is 4.99 Å². The molecule has 0 aromatic rings. The first kappa shape index (κ1) is 20.7. The van der Waals surface area contributed by atoms with Gasteiger partial charge in [-0.1, -0.05) is 13.8 Å². The molecule has 0 saturated carbocycles. The summed E-state index contributed by atoms with van der Waals surface area (Å²) in [6.45, 7) is 8.36. The summed E-state index contributed by atoms with van der Waals surface area (Å²) >= 11 is 0. The maximum Gasteiger partial charge on any atom is 0.243 e. The first-order valence-electron chi connectivity index (χ1n) is 9.25. The maximum absolute atomic E-state index is 11.8. The van der Waals surface area contributed by atoms with E-state index in [0.29, 0.717) is 17.9 Å². The Labute approximate surface area is 147 Å². The standard InChI is InChI=1S/C18H36N4O2/c1-14(2)9-10-15(3)21-18(20-13-17(23)22(4)5)19-12-16-8-6-7-11-24-16/h14-16H,6-13H2,1-5H3,(H2,19,20,21). The predicted octanol–water partition coefficient (Wildman–Crippen LogP) is 2.00. The van der Waals surface area contributed by atoms with Gasteiger partial charge in [0.1, 0.15) is 6.54 Å². The lowest BCUT2D eigenvalue weighted by atomic mass is 10.0. The topological polar surface area (TPSA) is 66.0 Å². The lowest BCUT2D eigenvalue weighted by Crippen LogP contribution is -2.46. The molecule has 1 fully saturated rings. The van der Waals surface area contributed by atoms with Gasteiger partial charge < -0.3 is 20.3 Å². The number of likely N-dealkylation sites (N-methyl/N-ethyl adjacent to an activating group) is 1.